The van der Waals surface area contributed by atoms with Crippen LogP contribution in [0, 0.1) is 0 Å². The third-order valence-corrected chi connectivity index (χ3v) is 5.78. The summed E-state index contributed by atoms with van der Waals surface area (Å²) in [6.45, 7) is 0.987. The molecule has 0 atom stereocenters. The second kappa shape index (κ2) is 6.83. The van der Waals surface area contributed by atoms with E-state index in [1.165, 1.54) is 18.4 Å². The van der Waals surface area contributed by atoms with Crippen LogP contribution in [0.3, 0.4) is 0 Å². The van der Waals surface area contributed by atoms with Crippen LogP contribution in [0.15, 0.2) is 47.4 Å². The molecular weight excluding hydrogens is 326 g/mol. The summed E-state index contributed by atoms with van der Waals surface area (Å²) >= 11 is 0. The van der Waals surface area contributed by atoms with Crippen LogP contribution < -0.4 is 9.47 Å². The van der Waals surface area contributed by atoms with Crippen molar-refractivity contribution in [2.24, 2.45) is 0 Å². The molecule has 0 spiro atoms. The first kappa shape index (κ1) is 16.8. The van der Waals surface area contributed by atoms with Crippen molar-refractivity contribution in [3.05, 3.63) is 53.6 Å². The quantitative estimate of drug-likeness (QED) is 0.835. The molecule has 1 heterocycles. The van der Waals surface area contributed by atoms with E-state index in [-0.39, 0.29) is 11.5 Å². The fraction of sp³-hybridized carbons (Fsp3) is 0.333. The van der Waals surface area contributed by atoms with Gasteiger partial charge < -0.3 is 9.47 Å². The molecule has 128 valence electrons. The average Bonchev–Trinajstić information content (AvgIpc) is 2.60. The van der Waals surface area contributed by atoms with Crippen LogP contribution >= 0.6 is 0 Å². The van der Waals surface area contributed by atoms with E-state index in [1.807, 2.05) is 24.3 Å². The zero-order valence-electron chi connectivity index (χ0n) is 13.9. The highest BCUT2D eigenvalue weighted by atomic mass is 32.2. The molecule has 5 nitrogen and oxygen atoms in total. The van der Waals surface area contributed by atoms with Gasteiger partial charge in [0.25, 0.3) is 0 Å². The lowest BCUT2D eigenvalue weighted by Gasteiger charge is -2.20. The molecule has 0 aromatic heterocycles. The minimum atomic E-state index is -3.44. The monoisotopic (exact) mass is 347 g/mol. The Bertz CT molecular complexity index is 831. The first-order valence-corrected chi connectivity index (χ1v) is 9.31. The highest BCUT2D eigenvalue weighted by Gasteiger charge is 2.18. The Morgan fingerprint density at radius 1 is 1.17 bits per heavy atom. The highest BCUT2D eigenvalue weighted by molar-refractivity contribution is 7.89. The molecule has 0 N–H and O–H groups in total. The smallest absolute Gasteiger partial charge is 0.242 e. The summed E-state index contributed by atoms with van der Waals surface area (Å²) in [5, 5.41) is 0. The summed E-state index contributed by atoms with van der Waals surface area (Å²) in [6.07, 6.45) is 2.00. The molecule has 1 aliphatic rings. The van der Waals surface area contributed by atoms with Gasteiger partial charge in [0.05, 0.1) is 11.5 Å². The number of hydrogen-bond donors (Lipinski definition) is 0. The van der Waals surface area contributed by atoms with E-state index in [4.69, 9.17) is 9.47 Å². The number of nitrogens with zero attached hydrogens (tertiary/aromatic N) is 1. The Balaban J connectivity index is 1.79. The van der Waals surface area contributed by atoms with Crippen LogP contribution in [0.2, 0.25) is 0 Å². The number of benzene rings is 2. The molecule has 0 unspecified atom stereocenters. The maximum atomic E-state index is 12.2. The number of aryl methyl sites for hydroxylation is 1. The fourth-order valence-electron chi connectivity index (χ4n) is 2.64. The zero-order chi connectivity index (χ0) is 17.2. The van der Waals surface area contributed by atoms with Crippen LogP contribution in [-0.2, 0) is 23.1 Å². The predicted molar refractivity (Wildman–Crippen MR) is 91.9 cm³/mol. The lowest BCUT2D eigenvalue weighted by molar-refractivity contribution is 0.246. The van der Waals surface area contributed by atoms with Crippen molar-refractivity contribution >= 4 is 10.0 Å². The van der Waals surface area contributed by atoms with E-state index in [1.54, 1.807) is 18.2 Å². The Morgan fingerprint density at radius 3 is 2.75 bits per heavy atom. The van der Waals surface area contributed by atoms with Gasteiger partial charge in [0, 0.05) is 14.1 Å². The average molecular weight is 347 g/mol. The van der Waals surface area contributed by atoms with Gasteiger partial charge in [-0.25, -0.2) is 12.7 Å². The molecular formula is C18H21NO4S. The first-order valence-electron chi connectivity index (χ1n) is 7.87. The van der Waals surface area contributed by atoms with Gasteiger partial charge in [-0.05, 0) is 42.2 Å². The van der Waals surface area contributed by atoms with Gasteiger partial charge in [-0.3, -0.25) is 0 Å². The molecule has 0 radical (unpaired) electrons. The van der Waals surface area contributed by atoms with Gasteiger partial charge in [-0.2, -0.15) is 0 Å². The second-order valence-corrected chi connectivity index (χ2v) is 8.07. The van der Waals surface area contributed by atoms with Gasteiger partial charge in [0.15, 0.2) is 11.5 Å². The van der Waals surface area contributed by atoms with Crippen molar-refractivity contribution in [3.63, 3.8) is 0 Å². The molecule has 1 aliphatic heterocycles. The summed E-state index contributed by atoms with van der Waals surface area (Å²) in [4.78, 5) is 0.264. The molecule has 24 heavy (non-hydrogen) atoms. The van der Waals surface area contributed by atoms with Gasteiger partial charge in [0.2, 0.25) is 10.0 Å². The van der Waals surface area contributed by atoms with Crippen molar-refractivity contribution in [2.45, 2.75) is 24.3 Å². The molecule has 0 bridgehead atoms. The lowest BCUT2D eigenvalue weighted by Crippen LogP contribution is -2.22. The van der Waals surface area contributed by atoms with E-state index in [0.717, 1.165) is 29.7 Å². The Kier molecular flexibility index (Phi) is 4.78. The molecule has 2 aromatic rings. The summed E-state index contributed by atoms with van der Waals surface area (Å²) in [6, 6.07) is 12.7. The first-order chi connectivity index (χ1) is 11.5. The number of para-hydroxylation sites is 1. The van der Waals surface area contributed by atoms with Gasteiger partial charge in [-0.1, -0.05) is 24.3 Å². The van der Waals surface area contributed by atoms with Crippen LogP contribution in [0.4, 0.5) is 0 Å². The number of rotatable bonds is 5. The third-order valence-electron chi connectivity index (χ3n) is 3.97. The lowest BCUT2D eigenvalue weighted by atomic mass is 10.1. The van der Waals surface area contributed by atoms with E-state index in [0.29, 0.717) is 12.4 Å². The molecule has 2 aromatic carbocycles. The molecule has 0 amide bonds. The molecule has 0 saturated heterocycles. The zero-order valence-corrected chi connectivity index (χ0v) is 14.7. The van der Waals surface area contributed by atoms with Crippen LogP contribution in [0.25, 0.3) is 0 Å². The Morgan fingerprint density at radius 2 is 1.96 bits per heavy atom. The van der Waals surface area contributed by atoms with Crippen LogP contribution in [-0.4, -0.2) is 33.4 Å². The standard InChI is InChI=1S/C18H21NO4S/c1-19(2)24(20,21)16-9-3-6-14(12-16)13-23-17-10-4-7-15-8-5-11-22-18(15)17/h3-4,6-7,9-10,12H,5,8,11,13H2,1-2H3. The number of sulfonamides is 1. The van der Waals surface area contributed by atoms with E-state index < -0.39 is 10.0 Å². The number of fused-ring (bicyclic) bond motifs is 1. The maximum Gasteiger partial charge on any atom is 0.242 e. The largest absolute Gasteiger partial charge is 0.489 e. The van der Waals surface area contributed by atoms with Crippen molar-refractivity contribution < 1.29 is 17.9 Å². The Hall–Kier alpha value is -2.05. The van der Waals surface area contributed by atoms with Crippen molar-refractivity contribution in [1.82, 2.24) is 4.31 Å². The molecule has 3 rings (SSSR count). The Labute approximate surface area is 142 Å². The highest BCUT2D eigenvalue weighted by Crippen LogP contribution is 2.35. The maximum absolute atomic E-state index is 12.2. The van der Waals surface area contributed by atoms with E-state index in [2.05, 4.69) is 0 Å². The number of ether oxygens (including phenoxy) is 2. The summed E-state index contributed by atoms with van der Waals surface area (Å²) in [5.41, 5.74) is 1.95. The number of hydrogen-bond acceptors (Lipinski definition) is 4. The normalized spacial score (nSPS) is 14.1. The molecule has 0 saturated carbocycles. The summed E-state index contributed by atoms with van der Waals surface area (Å²) < 4.78 is 37.2. The van der Waals surface area contributed by atoms with Crippen molar-refractivity contribution in [2.75, 3.05) is 20.7 Å². The van der Waals surface area contributed by atoms with E-state index in [9.17, 15) is 8.42 Å². The third kappa shape index (κ3) is 3.39. The van der Waals surface area contributed by atoms with Crippen molar-refractivity contribution in [3.8, 4) is 11.5 Å². The molecule has 0 aliphatic carbocycles. The second-order valence-electron chi connectivity index (χ2n) is 5.92. The summed E-state index contributed by atoms with van der Waals surface area (Å²) in [7, 11) is -0.404. The minimum Gasteiger partial charge on any atom is -0.489 e. The molecule has 6 heteroatoms. The molecule has 0 fully saturated rings. The SMILES string of the molecule is CN(C)S(=O)(=O)c1cccc(COc2cccc3c2OCCC3)c1. The van der Waals surface area contributed by atoms with Crippen LogP contribution in [0.5, 0.6) is 11.5 Å². The minimum absolute atomic E-state index is 0.264. The topological polar surface area (TPSA) is 55.8 Å². The van der Waals surface area contributed by atoms with Crippen molar-refractivity contribution in [1.29, 1.82) is 0 Å². The fourth-order valence-corrected chi connectivity index (χ4v) is 3.61. The predicted octanol–water partition coefficient (Wildman–Crippen LogP) is 2.84. The van der Waals surface area contributed by atoms with E-state index >= 15 is 0 Å². The van der Waals surface area contributed by atoms with Gasteiger partial charge in [0.1, 0.15) is 6.61 Å². The van der Waals surface area contributed by atoms with Gasteiger partial charge >= 0.3 is 0 Å². The van der Waals surface area contributed by atoms with Gasteiger partial charge in [-0.15, -0.1) is 0 Å². The van der Waals surface area contributed by atoms with Crippen LogP contribution in [0.1, 0.15) is 17.5 Å². The summed E-state index contributed by atoms with van der Waals surface area (Å²) in [5.74, 6) is 1.51.